The second-order valence-electron chi connectivity index (χ2n) is 4.37. The highest BCUT2D eigenvalue weighted by molar-refractivity contribution is 7.80. The van der Waals surface area contributed by atoms with Crippen molar-refractivity contribution in [1.29, 1.82) is 0 Å². The number of amides is 2. The number of anilines is 1. The minimum atomic E-state index is -0.234. The van der Waals surface area contributed by atoms with E-state index in [-0.39, 0.29) is 29.8 Å². The minimum absolute atomic E-state index is 0.163. The van der Waals surface area contributed by atoms with Crippen LogP contribution in [0, 0.1) is 13.8 Å². The monoisotopic (exact) mass is 262 g/mol. The second kappa shape index (κ2) is 4.86. The zero-order valence-electron chi connectivity index (χ0n) is 10.3. The Morgan fingerprint density at radius 1 is 1.22 bits per heavy atom. The molecule has 1 fully saturated rings. The second-order valence-corrected chi connectivity index (χ2v) is 4.76. The molecule has 1 aliphatic rings. The normalized spacial score (nSPS) is 15.1. The first-order chi connectivity index (χ1) is 8.49. The van der Waals surface area contributed by atoms with Crippen LogP contribution in [-0.2, 0) is 9.59 Å². The van der Waals surface area contributed by atoms with Crippen LogP contribution in [0.15, 0.2) is 18.2 Å². The van der Waals surface area contributed by atoms with Crippen molar-refractivity contribution in [2.75, 3.05) is 5.32 Å². The Morgan fingerprint density at radius 3 is 2.44 bits per heavy atom. The van der Waals surface area contributed by atoms with E-state index in [0.29, 0.717) is 0 Å². The number of benzene rings is 1. The van der Waals surface area contributed by atoms with Crippen molar-refractivity contribution >= 4 is 34.8 Å². The third kappa shape index (κ3) is 2.41. The molecular weight excluding hydrogens is 248 g/mol. The Balaban J connectivity index is 2.19. The standard InChI is InChI=1S/C13H14N2O2S/c1-8-3-4-9(2)10(7-8)14-13(18)15-11(16)5-6-12(15)17/h3-4,7H,5-6H2,1-2H3,(H,14,18). The molecule has 0 unspecified atom stereocenters. The number of carbonyl (C=O) groups excluding carboxylic acids is 2. The summed E-state index contributed by atoms with van der Waals surface area (Å²) in [5.41, 5.74) is 2.93. The number of carbonyl (C=O) groups is 2. The van der Waals surface area contributed by atoms with Gasteiger partial charge in [0.1, 0.15) is 0 Å². The van der Waals surface area contributed by atoms with Crippen LogP contribution in [0.3, 0.4) is 0 Å². The number of thiocarbonyl (C=S) groups is 1. The van der Waals surface area contributed by atoms with Crippen molar-refractivity contribution in [3.63, 3.8) is 0 Å². The van der Waals surface area contributed by atoms with Crippen LogP contribution < -0.4 is 5.32 Å². The lowest BCUT2D eigenvalue weighted by Gasteiger charge is -2.17. The van der Waals surface area contributed by atoms with Crippen molar-refractivity contribution in [3.8, 4) is 0 Å². The topological polar surface area (TPSA) is 49.4 Å². The molecule has 1 aliphatic heterocycles. The average molecular weight is 262 g/mol. The molecule has 1 N–H and O–H groups in total. The lowest BCUT2D eigenvalue weighted by atomic mass is 10.1. The number of nitrogens with one attached hydrogen (secondary N) is 1. The van der Waals surface area contributed by atoms with E-state index in [0.717, 1.165) is 21.7 Å². The summed E-state index contributed by atoms with van der Waals surface area (Å²) in [5.74, 6) is -0.467. The van der Waals surface area contributed by atoms with Crippen molar-refractivity contribution in [3.05, 3.63) is 29.3 Å². The zero-order chi connectivity index (χ0) is 13.3. The highest BCUT2D eigenvalue weighted by Gasteiger charge is 2.32. The van der Waals surface area contributed by atoms with E-state index in [4.69, 9.17) is 12.2 Å². The molecule has 18 heavy (non-hydrogen) atoms. The van der Waals surface area contributed by atoms with Crippen LogP contribution in [0.4, 0.5) is 5.69 Å². The summed E-state index contributed by atoms with van der Waals surface area (Å²) in [6.45, 7) is 3.91. The van der Waals surface area contributed by atoms with Gasteiger partial charge in [-0.3, -0.25) is 9.59 Å². The molecule has 1 saturated heterocycles. The molecule has 0 atom stereocenters. The first kappa shape index (κ1) is 12.7. The maximum atomic E-state index is 11.5. The van der Waals surface area contributed by atoms with Crippen molar-refractivity contribution in [2.45, 2.75) is 26.7 Å². The third-order valence-electron chi connectivity index (χ3n) is 2.89. The van der Waals surface area contributed by atoms with E-state index in [1.807, 2.05) is 32.0 Å². The predicted octanol–water partition coefficient (Wildman–Crippen LogP) is 2.15. The van der Waals surface area contributed by atoms with Crippen molar-refractivity contribution < 1.29 is 9.59 Å². The molecule has 0 saturated carbocycles. The van der Waals surface area contributed by atoms with Crippen LogP contribution in [0.2, 0.25) is 0 Å². The highest BCUT2D eigenvalue weighted by Crippen LogP contribution is 2.19. The third-order valence-corrected chi connectivity index (χ3v) is 3.17. The summed E-state index contributed by atoms with van der Waals surface area (Å²) in [6.07, 6.45) is 0.487. The fourth-order valence-electron chi connectivity index (χ4n) is 1.84. The first-order valence-corrected chi connectivity index (χ1v) is 6.14. The summed E-state index contributed by atoms with van der Waals surface area (Å²) < 4.78 is 0. The highest BCUT2D eigenvalue weighted by atomic mass is 32.1. The molecule has 1 aromatic rings. The van der Waals surface area contributed by atoms with Crippen LogP contribution in [0.25, 0.3) is 0 Å². The van der Waals surface area contributed by atoms with E-state index in [1.54, 1.807) is 0 Å². The SMILES string of the molecule is Cc1ccc(C)c(NC(=S)N2C(=O)CCC2=O)c1. The van der Waals surface area contributed by atoms with Gasteiger partial charge in [0, 0.05) is 18.5 Å². The van der Waals surface area contributed by atoms with E-state index in [1.165, 1.54) is 0 Å². The lowest BCUT2D eigenvalue weighted by molar-refractivity contribution is -0.133. The Hall–Kier alpha value is -1.75. The quantitative estimate of drug-likeness (QED) is 0.622. The summed E-state index contributed by atoms with van der Waals surface area (Å²) in [5, 5.41) is 3.13. The number of imide groups is 1. The van der Waals surface area contributed by atoms with Crippen LogP contribution >= 0.6 is 12.2 Å². The number of aryl methyl sites for hydroxylation is 2. The summed E-state index contributed by atoms with van der Waals surface area (Å²) in [6, 6.07) is 5.90. The van der Waals surface area contributed by atoms with Gasteiger partial charge in [-0.2, -0.15) is 0 Å². The Morgan fingerprint density at radius 2 is 1.83 bits per heavy atom. The van der Waals surface area contributed by atoms with E-state index < -0.39 is 0 Å². The number of likely N-dealkylation sites (tertiary alicyclic amines) is 1. The fraction of sp³-hybridized carbons (Fsp3) is 0.308. The number of nitrogens with zero attached hydrogens (tertiary/aromatic N) is 1. The predicted molar refractivity (Wildman–Crippen MR) is 73.2 cm³/mol. The fourth-order valence-corrected chi connectivity index (χ4v) is 2.16. The van der Waals surface area contributed by atoms with Gasteiger partial charge in [0.15, 0.2) is 5.11 Å². The van der Waals surface area contributed by atoms with E-state index in [2.05, 4.69) is 5.32 Å². The molecular formula is C13H14N2O2S. The lowest BCUT2D eigenvalue weighted by Crippen LogP contribution is -2.38. The molecule has 0 bridgehead atoms. The van der Waals surface area contributed by atoms with Gasteiger partial charge in [-0.25, -0.2) is 4.90 Å². The first-order valence-electron chi connectivity index (χ1n) is 5.73. The molecule has 2 rings (SSSR count). The smallest absolute Gasteiger partial charge is 0.236 e. The Bertz CT molecular complexity index is 524. The van der Waals surface area contributed by atoms with Gasteiger partial charge in [-0.1, -0.05) is 12.1 Å². The van der Waals surface area contributed by atoms with Gasteiger partial charge < -0.3 is 5.32 Å². The van der Waals surface area contributed by atoms with E-state index in [9.17, 15) is 9.59 Å². The molecule has 0 aliphatic carbocycles. The van der Waals surface area contributed by atoms with Gasteiger partial charge in [0.25, 0.3) is 0 Å². The molecule has 0 radical (unpaired) electrons. The van der Waals surface area contributed by atoms with E-state index >= 15 is 0 Å². The van der Waals surface area contributed by atoms with Gasteiger partial charge in [0.05, 0.1) is 0 Å². The van der Waals surface area contributed by atoms with Gasteiger partial charge >= 0.3 is 0 Å². The maximum Gasteiger partial charge on any atom is 0.236 e. The molecule has 2 amide bonds. The molecule has 5 heteroatoms. The largest absolute Gasteiger partial charge is 0.332 e. The molecule has 4 nitrogen and oxygen atoms in total. The summed E-state index contributed by atoms with van der Waals surface area (Å²) in [7, 11) is 0. The Labute approximate surface area is 111 Å². The van der Waals surface area contributed by atoms with Gasteiger partial charge in [-0.15, -0.1) is 0 Å². The minimum Gasteiger partial charge on any atom is -0.332 e. The zero-order valence-corrected chi connectivity index (χ0v) is 11.1. The summed E-state index contributed by atoms with van der Waals surface area (Å²) >= 11 is 5.13. The summed E-state index contributed by atoms with van der Waals surface area (Å²) in [4.78, 5) is 24.1. The number of rotatable bonds is 1. The van der Waals surface area contributed by atoms with Crippen LogP contribution in [0.5, 0.6) is 0 Å². The molecule has 1 aromatic carbocycles. The van der Waals surface area contributed by atoms with Gasteiger partial charge in [-0.05, 0) is 43.3 Å². The van der Waals surface area contributed by atoms with Crippen LogP contribution in [0.1, 0.15) is 24.0 Å². The molecule has 0 spiro atoms. The number of hydrogen-bond acceptors (Lipinski definition) is 3. The van der Waals surface area contributed by atoms with Crippen LogP contribution in [-0.4, -0.2) is 21.8 Å². The maximum absolute atomic E-state index is 11.5. The molecule has 0 aromatic heterocycles. The van der Waals surface area contributed by atoms with Crippen molar-refractivity contribution in [2.24, 2.45) is 0 Å². The van der Waals surface area contributed by atoms with Gasteiger partial charge in [0.2, 0.25) is 11.8 Å². The number of hydrogen-bond donors (Lipinski definition) is 1. The molecule has 94 valence electrons. The molecule has 1 heterocycles. The Kier molecular flexibility index (Phi) is 3.43. The van der Waals surface area contributed by atoms with Crippen molar-refractivity contribution in [1.82, 2.24) is 4.90 Å². The average Bonchev–Trinajstić information content (AvgIpc) is 2.63.